The van der Waals surface area contributed by atoms with Crippen LogP contribution in [0.4, 0.5) is 0 Å². The molecule has 0 atom stereocenters. The van der Waals surface area contributed by atoms with Gasteiger partial charge < -0.3 is 0 Å². The van der Waals surface area contributed by atoms with Gasteiger partial charge in [0.15, 0.2) is 0 Å². The van der Waals surface area contributed by atoms with Gasteiger partial charge in [0.2, 0.25) is 0 Å². The largest absolute Gasteiger partial charge is 0.275 e. The van der Waals surface area contributed by atoms with Crippen molar-refractivity contribution in [2.24, 2.45) is 7.05 Å². The molecule has 1 aromatic carbocycles. The third-order valence-electron chi connectivity index (χ3n) is 4.23. The Morgan fingerprint density at radius 2 is 1.71 bits per heavy atom. The van der Waals surface area contributed by atoms with E-state index in [0.717, 1.165) is 39.4 Å². The molecule has 0 fully saturated rings. The number of aryl methyl sites for hydroxylation is 4. The third-order valence-corrected chi connectivity index (χ3v) is 4.23. The van der Waals surface area contributed by atoms with Gasteiger partial charge in [0.25, 0.3) is 0 Å². The summed E-state index contributed by atoms with van der Waals surface area (Å²) in [4.78, 5) is 4.78. The zero-order valence-electron chi connectivity index (χ0n) is 14.3. The molecule has 3 aromatic heterocycles. The van der Waals surface area contributed by atoms with E-state index < -0.39 is 0 Å². The molecule has 0 saturated carbocycles. The van der Waals surface area contributed by atoms with Gasteiger partial charge in [-0.15, -0.1) is 0 Å². The third kappa shape index (κ3) is 2.38. The van der Waals surface area contributed by atoms with E-state index in [0.29, 0.717) is 0 Å². The van der Waals surface area contributed by atoms with Crippen LogP contribution >= 0.6 is 0 Å². The highest BCUT2D eigenvalue weighted by Crippen LogP contribution is 2.25. The summed E-state index contributed by atoms with van der Waals surface area (Å²) in [7, 11) is 1.91. The van der Waals surface area contributed by atoms with Gasteiger partial charge in [-0.1, -0.05) is 0 Å². The maximum Gasteiger partial charge on any atom is 0.111 e. The second kappa shape index (κ2) is 5.30. The minimum Gasteiger partial charge on any atom is -0.275 e. The summed E-state index contributed by atoms with van der Waals surface area (Å²) in [5.74, 6) is 0. The highest BCUT2D eigenvalue weighted by atomic mass is 15.3. The van der Waals surface area contributed by atoms with Crippen LogP contribution in [0.5, 0.6) is 0 Å². The van der Waals surface area contributed by atoms with Crippen molar-refractivity contribution in [2.75, 3.05) is 0 Å². The molecule has 4 rings (SSSR count). The fraction of sp³-hybridized carbons (Fsp3) is 0.211. The minimum atomic E-state index is 0.894. The average molecular weight is 317 g/mol. The fourth-order valence-corrected chi connectivity index (χ4v) is 3.09. The summed E-state index contributed by atoms with van der Waals surface area (Å²) in [6.07, 6.45) is 1.93. The Morgan fingerprint density at radius 1 is 0.875 bits per heavy atom. The molecule has 0 radical (unpaired) electrons. The molecule has 0 amide bonds. The first-order valence-corrected chi connectivity index (χ1v) is 7.96. The van der Waals surface area contributed by atoms with Crippen molar-refractivity contribution in [2.45, 2.75) is 20.8 Å². The van der Waals surface area contributed by atoms with Crippen LogP contribution in [-0.2, 0) is 7.05 Å². The van der Waals surface area contributed by atoms with Crippen molar-refractivity contribution in [1.82, 2.24) is 24.5 Å². The molecule has 0 unspecified atom stereocenters. The molecule has 0 aliphatic carbocycles. The SMILES string of the molecule is Cc1cc(C)n(-c2ccc3nc(-c4ccn(C)n4)cc(C)c3c2)n1. The highest BCUT2D eigenvalue weighted by molar-refractivity contribution is 5.86. The monoisotopic (exact) mass is 317 g/mol. The summed E-state index contributed by atoms with van der Waals surface area (Å²) in [5.41, 5.74) is 7.16. The molecule has 0 bridgehead atoms. The summed E-state index contributed by atoms with van der Waals surface area (Å²) < 4.78 is 3.77. The van der Waals surface area contributed by atoms with E-state index >= 15 is 0 Å². The van der Waals surface area contributed by atoms with Gasteiger partial charge >= 0.3 is 0 Å². The molecule has 0 spiro atoms. The molecule has 24 heavy (non-hydrogen) atoms. The minimum absolute atomic E-state index is 0.894. The van der Waals surface area contributed by atoms with E-state index in [1.54, 1.807) is 4.68 Å². The van der Waals surface area contributed by atoms with Crippen molar-refractivity contribution in [3.8, 4) is 17.1 Å². The van der Waals surface area contributed by atoms with E-state index in [4.69, 9.17) is 4.98 Å². The van der Waals surface area contributed by atoms with Gasteiger partial charge in [-0.3, -0.25) is 4.68 Å². The second-order valence-corrected chi connectivity index (χ2v) is 6.24. The number of benzene rings is 1. The Hall–Kier alpha value is -2.95. The predicted molar refractivity (Wildman–Crippen MR) is 95.3 cm³/mol. The van der Waals surface area contributed by atoms with Gasteiger partial charge in [0.05, 0.1) is 22.6 Å². The Balaban J connectivity index is 1.86. The Kier molecular flexibility index (Phi) is 3.23. The van der Waals surface area contributed by atoms with Gasteiger partial charge in [0.1, 0.15) is 5.69 Å². The lowest BCUT2D eigenvalue weighted by atomic mass is 10.1. The predicted octanol–water partition coefficient (Wildman–Crippen LogP) is 3.75. The quantitative estimate of drug-likeness (QED) is 0.566. The topological polar surface area (TPSA) is 48.5 Å². The van der Waals surface area contributed by atoms with Gasteiger partial charge in [0, 0.05) is 24.3 Å². The number of rotatable bonds is 2. The van der Waals surface area contributed by atoms with E-state index in [1.807, 2.05) is 30.9 Å². The lowest BCUT2D eigenvalue weighted by Crippen LogP contribution is -2.00. The van der Waals surface area contributed by atoms with Crippen LogP contribution in [-0.4, -0.2) is 24.5 Å². The Morgan fingerprint density at radius 3 is 2.38 bits per heavy atom. The maximum atomic E-state index is 4.78. The van der Waals surface area contributed by atoms with Gasteiger partial charge in [-0.05, 0) is 62.7 Å². The fourth-order valence-electron chi connectivity index (χ4n) is 3.09. The van der Waals surface area contributed by atoms with Crippen molar-refractivity contribution >= 4 is 10.9 Å². The van der Waals surface area contributed by atoms with Crippen LogP contribution in [0, 0.1) is 20.8 Å². The van der Waals surface area contributed by atoms with Crippen molar-refractivity contribution in [3.63, 3.8) is 0 Å². The highest BCUT2D eigenvalue weighted by Gasteiger charge is 2.10. The number of fused-ring (bicyclic) bond motifs is 1. The lowest BCUT2D eigenvalue weighted by molar-refractivity contribution is 0.770. The summed E-state index contributed by atoms with van der Waals surface area (Å²) in [6, 6.07) is 12.4. The molecule has 5 nitrogen and oxygen atoms in total. The number of hydrogen-bond acceptors (Lipinski definition) is 3. The zero-order chi connectivity index (χ0) is 16.8. The number of pyridine rings is 1. The zero-order valence-corrected chi connectivity index (χ0v) is 14.3. The number of hydrogen-bond donors (Lipinski definition) is 0. The Bertz CT molecular complexity index is 1050. The molecule has 4 aromatic rings. The molecule has 120 valence electrons. The second-order valence-electron chi connectivity index (χ2n) is 6.24. The molecular weight excluding hydrogens is 298 g/mol. The maximum absolute atomic E-state index is 4.78. The normalized spacial score (nSPS) is 11.3. The lowest BCUT2D eigenvalue weighted by Gasteiger charge is -2.09. The van der Waals surface area contributed by atoms with E-state index in [2.05, 4.69) is 54.4 Å². The first-order chi connectivity index (χ1) is 11.5. The Labute approximate surface area is 140 Å². The van der Waals surface area contributed by atoms with E-state index in [-0.39, 0.29) is 0 Å². The summed E-state index contributed by atoms with van der Waals surface area (Å²) in [5, 5.41) is 10.2. The van der Waals surface area contributed by atoms with Crippen LogP contribution in [0.1, 0.15) is 17.0 Å². The van der Waals surface area contributed by atoms with Crippen LogP contribution < -0.4 is 0 Å². The van der Waals surface area contributed by atoms with Crippen molar-refractivity contribution < 1.29 is 0 Å². The molecule has 0 N–H and O–H groups in total. The molecule has 3 heterocycles. The van der Waals surface area contributed by atoms with E-state index in [1.165, 1.54) is 5.56 Å². The van der Waals surface area contributed by atoms with Crippen molar-refractivity contribution in [3.05, 3.63) is 59.5 Å². The van der Waals surface area contributed by atoms with Crippen LogP contribution in [0.15, 0.2) is 42.6 Å². The van der Waals surface area contributed by atoms with Gasteiger partial charge in [-0.2, -0.15) is 10.2 Å². The van der Waals surface area contributed by atoms with Crippen LogP contribution in [0.2, 0.25) is 0 Å². The molecule has 0 aliphatic rings. The first kappa shape index (κ1) is 14.6. The molecule has 5 heteroatoms. The van der Waals surface area contributed by atoms with Crippen molar-refractivity contribution in [1.29, 1.82) is 0 Å². The smallest absolute Gasteiger partial charge is 0.111 e. The molecular formula is C19H19N5. The van der Waals surface area contributed by atoms with Crippen LogP contribution in [0.3, 0.4) is 0 Å². The van der Waals surface area contributed by atoms with E-state index in [9.17, 15) is 0 Å². The number of nitrogens with zero attached hydrogens (tertiary/aromatic N) is 5. The molecule has 0 aliphatic heterocycles. The molecule has 0 saturated heterocycles. The first-order valence-electron chi connectivity index (χ1n) is 7.96. The number of aromatic nitrogens is 5. The average Bonchev–Trinajstić information content (AvgIpc) is 3.12. The summed E-state index contributed by atoms with van der Waals surface area (Å²) >= 11 is 0. The van der Waals surface area contributed by atoms with Gasteiger partial charge in [-0.25, -0.2) is 9.67 Å². The summed E-state index contributed by atoms with van der Waals surface area (Å²) in [6.45, 7) is 6.19. The van der Waals surface area contributed by atoms with Crippen LogP contribution in [0.25, 0.3) is 28.0 Å². The standard InChI is InChI=1S/C19H19N5/c1-12-9-19(18-7-8-23(4)22-18)20-17-6-5-15(11-16(12)17)24-14(3)10-13(2)21-24/h5-11H,1-4H3.